The molecule has 41 heavy (non-hydrogen) atoms. The Labute approximate surface area is 233 Å². The topological polar surface area (TPSA) is 103 Å². The minimum Gasteiger partial charge on any atom is -0.380 e. The molecule has 3 aromatic rings. The first-order valence-corrected chi connectivity index (χ1v) is 13.2. The number of H-pyrrole nitrogens is 1. The number of carbonyl (C=O) groups excluding carboxylic acids is 1. The second kappa shape index (κ2) is 12.0. The maximum atomic E-state index is 15.6. The quantitative estimate of drug-likeness (QED) is 0.372. The summed E-state index contributed by atoms with van der Waals surface area (Å²) in [6.07, 6.45) is -0.147. The minimum atomic E-state index is -4.93. The SMILES string of the molecule is CN1CCN(c2cc(F)c(-c3cncc(CNC4CCOC4)c3)cc2NC(=O)c2c[nH]c(=O)cc2C(F)(F)F)CC1. The number of anilines is 2. The first-order valence-electron chi connectivity index (χ1n) is 13.2. The summed E-state index contributed by atoms with van der Waals surface area (Å²) in [5, 5.41) is 5.93. The van der Waals surface area contributed by atoms with Crippen LogP contribution in [0.3, 0.4) is 0 Å². The standard InChI is InChI=1S/C28H30F4N6O3/c1-37-3-5-38(6-4-37)25-11-23(29)20(18-8-17(12-33-14-18)13-34-19-2-7-41-16-19)9-24(25)36-27(40)21-15-35-26(39)10-22(21)28(30,31)32/h8-12,14-15,19,34H,2-7,13,16H2,1H3,(H,35,39)(H,36,40). The van der Waals surface area contributed by atoms with Gasteiger partial charge in [-0.15, -0.1) is 0 Å². The molecule has 3 N–H and O–H groups in total. The smallest absolute Gasteiger partial charge is 0.380 e. The van der Waals surface area contributed by atoms with E-state index in [4.69, 9.17) is 4.74 Å². The van der Waals surface area contributed by atoms with Crippen molar-refractivity contribution in [1.82, 2.24) is 20.2 Å². The Kier molecular flexibility index (Phi) is 8.38. The van der Waals surface area contributed by atoms with Gasteiger partial charge in [-0.3, -0.25) is 14.6 Å². The van der Waals surface area contributed by atoms with E-state index in [2.05, 4.69) is 25.5 Å². The summed E-state index contributed by atoms with van der Waals surface area (Å²) in [5.41, 5.74) is -1.22. The minimum absolute atomic E-state index is 0.134. The zero-order valence-corrected chi connectivity index (χ0v) is 22.4. The van der Waals surface area contributed by atoms with Crippen molar-refractivity contribution in [1.29, 1.82) is 0 Å². The third-order valence-electron chi connectivity index (χ3n) is 7.28. The molecule has 2 fully saturated rings. The zero-order valence-electron chi connectivity index (χ0n) is 22.4. The Hall–Kier alpha value is -3.81. The third-order valence-corrected chi connectivity index (χ3v) is 7.28. The molecule has 13 heteroatoms. The first kappa shape index (κ1) is 28.7. The molecule has 2 aromatic heterocycles. The normalized spacial score (nSPS) is 18.1. The summed E-state index contributed by atoms with van der Waals surface area (Å²) in [6, 6.07) is 5.04. The Morgan fingerprint density at radius 3 is 2.63 bits per heavy atom. The van der Waals surface area contributed by atoms with Gasteiger partial charge in [-0.2, -0.15) is 13.2 Å². The molecule has 4 heterocycles. The van der Waals surface area contributed by atoms with E-state index in [-0.39, 0.29) is 17.3 Å². The van der Waals surface area contributed by atoms with E-state index in [1.807, 2.05) is 11.9 Å². The van der Waals surface area contributed by atoms with Crippen LogP contribution in [0.15, 0.2) is 47.7 Å². The number of hydrogen-bond donors (Lipinski definition) is 3. The second-order valence-corrected chi connectivity index (χ2v) is 10.2. The predicted molar refractivity (Wildman–Crippen MR) is 145 cm³/mol. The Morgan fingerprint density at radius 1 is 1.15 bits per heavy atom. The van der Waals surface area contributed by atoms with E-state index in [0.29, 0.717) is 63.3 Å². The summed E-state index contributed by atoms with van der Waals surface area (Å²) in [6.45, 7) is 4.21. The molecule has 0 saturated carbocycles. The van der Waals surface area contributed by atoms with E-state index < -0.39 is 34.6 Å². The van der Waals surface area contributed by atoms with Crippen molar-refractivity contribution in [3.63, 3.8) is 0 Å². The van der Waals surface area contributed by atoms with Crippen molar-refractivity contribution >= 4 is 17.3 Å². The van der Waals surface area contributed by atoms with Crippen molar-refractivity contribution in [3.8, 4) is 11.1 Å². The monoisotopic (exact) mass is 574 g/mol. The number of likely N-dealkylation sites (N-methyl/N-ethyl adjacent to an activating group) is 1. The molecule has 1 unspecified atom stereocenters. The average Bonchev–Trinajstić information content (AvgIpc) is 3.46. The number of halogens is 4. The Balaban J connectivity index is 1.50. The van der Waals surface area contributed by atoms with Crippen LogP contribution in [0.4, 0.5) is 28.9 Å². The van der Waals surface area contributed by atoms with Crippen LogP contribution < -0.4 is 21.1 Å². The van der Waals surface area contributed by atoms with Gasteiger partial charge in [0, 0.05) is 81.2 Å². The number of carbonyl (C=O) groups is 1. The van der Waals surface area contributed by atoms with Crippen LogP contribution in [0.5, 0.6) is 0 Å². The molecule has 5 rings (SSSR count). The lowest BCUT2D eigenvalue weighted by molar-refractivity contribution is -0.138. The maximum absolute atomic E-state index is 15.6. The molecule has 218 valence electrons. The van der Waals surface area contributed by atoms with Crippen molar-refractivity contribution < 1.29 is 27.1 Å². The van der Waals surface area contributed by atoms with Gasteiger partial charge in [-0.1, -0.05) is 0 Å². The van der Waals surface area contributed by atoms with E-state index in [1.165, 1.54) is 18.3 Å². The fourth-order valence-corrected chi connectivity index (χ4v) is 4.97. The summed E-state index contributed by atoms with van der Waals surface area (Å²) < 4.78 is 62.0. The highest BCUT2D eigenvalue weighted by molar-refractivity contribution is 6.07. The summed E-state index contributed by atoms with van der Waals surface area (Å²) in [7, 11) is 1.95. The molecule has 0 spiro atoms. The number of piperazine rings is 1. The van der Waals surface area contributed by atoms with Gasteiger partial charge in [0.15, 0.2) is 0 Å². The fraction of sp³-hybridized carbons (Fsp3) is 0.393. The number of nitrogens with one attached hydrogen (secondary N) is 3. The molecular formula is C28H30F4N6O3. The van der Waals surface area contributed by atoms with Crippen LogP contribution in [0.1, 0.15) is 27.9 Å². The summed E-state index contributed by atoms with van der Waals surface area (Å²) in [5.74, 6) is -1.65. The van der Waals surface area contributed by atoms with E-state index >= 15 is 4.39 Å². The molecule has 2 aliphatic rings. The van der Waals surface area contributed by atoms with Crippen LogP contribution in [0.2, 0.25) is 0 Å². The number of benzene rings is 1. The predicted octanol–water partition coefficient (Wildman–Crippen LogP) is 3.48. The number of pyridine rings is 2. The van der Waals surface area contributed by atoms with Gasteiger partial charge in [-0.25, -0.2) is 4.39 Å². The lowest BCUT2D eigenvalue weighted by Gasteiger charge is -2.35. The third kappa shape index (κ3) is 6.75. The van der Waals surface area contributed by atoms with Gasteiger partial charge in [0.05, 0.1) is 29.1 Å². The number of aromatic nitrogens is 2. The number of hydrogen-bond acceptors (Lipinski definition) is 7. The highest BCUT2D eigenvalue weighted by Gasteiger charge is 2.36. The second-order valence-electron chi connectivity index (χ2n) is 10.2. The molecule has 1 atom stereocenters. The largest absolute Gasteiger partial charge is 0.417 e. The van der Waals surface area contributed by atoms with Crippen molar-refractivity contribution in [2.45, 2.75) is 25.2 Å². The van der Waals surface area contributed by atoms with Gasteiger partial charge in [0.1, 0.15) is 5.82 Å². The highest BCUT2D eigenvalue weighted by atomic mass is 19.4. The van der Waals surface area contributed by atoms with E-state index in [1.54, 1.807) is 12.3 Å². The Morgan fingerprint density at radius 2 is 1.93 bits per heavy atom. The van der Waals surface area contributed by atoms with Gasteiger partial charge < -0.3 is 30.2 Å². The zero-order chi connectivity index (χ0) is 29.1. The fourth-order valence-electron chi connectivity index (χ4n) is 4.97. The van der Waals surface area contributed by atoms with Crippen LogP contribution in [-0.2, 0) is 17.5 Å². The number of rotatable bonds is 7. The molecule has 0 radical (unpaired) electrons. The van der Waals surface area contributed by atoms with Gasteiger partial charge >= 0.3 is 6.18 Å². The van der Waals surface area contributed by atoms with Crippen LogP contribution in [0.25, 0.3) is 11.1 Å². The number of amides is 1. The van der Waals surface area contributed by atoms with Gasteiger partial charge in [-0.05, 0) is 37.2 Å². The molecule has 0 bridgehead atoms. The van der Waals surface area contributed by atoms with Gasteiger partial charge in [0.2, 0.25) is 5.56 Å². The number of aromatic amines is 1. The van der Waals surface area contributed by atoms with Crippen molar-refractivity contribution in [2.75, 3.05) is 56.7 Å². The molecule has 2 saturated heterocycles. The van der Waals surface area contributed by atoms with E-state index in [9.17, 15) is 22.8 Å². The maximum Gasteiger partial charge on any atom is 0.417 e. The van der Waals surface area contributed by atoms with Crippen molar-refractivity contribution in [2.24, 2.45) is 0 Å². The molecule has 0 aliphatic carbocycles. The molecule has 2 aliphatic heterocycles. The van der Waals surface area contributed by atoms with Crippen LogP contribution in [-0.4, -0.2) is 73.3 Å². The first-order chi connectivity index (χ1) is 19.6. The molecule has 1 amide bonds. The number of alkyl halides is 3. The number of nitrogens with zero attached hydrogens (tertiary/aromatic N) is 3. The van der Waals surface area contributed by atoms with Crippen LogP contribution in [0, 0.1) is 5.82 Å². The summed E-state index contributed by atoms with van der Waals surface area (Å²) in [4.78, 5) is 35.1. The lowest BCUT2D eigenvalue weighted by Crippen LogP contribution is -2.44. The van der Waals surface area contributed by atoms with Gasteiger partial charge in [0.25, 0.3) is 5.91 Å². The summed E-state index contributed by atoms with van der Waals surface area (Å²) >= 11 is 0. The van der Waals surface area contributed by atoms with Crippen molar-refractivity contribution in [3.05, 3.63) is 75.7 Å². The number of ether oxygens (including phenoxy) is 1. The Bertz CT molecular complexity index is 1460. The highest BCUT2D eigenvalue weighted by Crippen LogP contribution is 2.36. The van der Waals surface area contributed by atoms with E-state index in [0.717, 1.165) is 18.2 Å². The lowest BCUT2D eigenvalue weighted by atomic mass is 10.0. The molecule has 9 nitrogen and oxygen atoms in total. The molecule has 1 aromatic carbocycles. The van der Waals surface area contributed by atoms with Crippen LogP contribution >= 0.6 is 0 Å². The average molecular weight is 575 g/mol. The molecular weight excluding hydrogens is 544 g/mol.